The van der Waals surface area contributed by atoms with Crippen molar-refractivity contribution in [1.82, 2.24) is 21.3 Å². The third-order valence-corrected chi connectivity index (χ3v) is 10.6. The minimum atomic E-state index is -0.589. The van der Waals surface area contributed by atoms with Crippen LogP contribution in [0.5, 0.6) is 0 Å². The molecule has 4 atom stereocenters. The van der Waals surface area contributed by atoms with E-state index in [0.29, 0.717) is 38.8 Å². The summed E-state index contributed by atoms with van der Waals surface area (Å²) in [4.78, 5) is 72.3. The number of hydrogen-bond donors (Lipinski definition) is 4. The van der Waals surface area contributed by atoms with Crippen molar-refractivity contribution < 1.29 is 57.2 Å². The number of amides is 4. The number of carbonyl (C=O) groups excluding carboxylic acids is 6. The molecule has 2 fully saturated rings. The summed E-state index contributed by atoms with van der Waals surface area (Å²) in [6.07, 6.45) is 5.38. The number of ether oxygens (including phenoxy) is 6. The highest BCUT2D eigenvalue weighted by molar-refractivity contribution is 5.81. The van der Waals surface area contributed by atoms with Crippen LogP contribution in [0.4, 0.5) is 19.2 Å². The molecule has 3 rings (SSSR count). The second kappa shape index (κ2) is 22.9. The molecule has 0 aliphatic heterocycles. The monoisotopic (exact) mass is 842 g/mol. The molecule has 334 valence electrons. The molecule has 2 aliphatic carbocycles. The van der Waals surface area contributed by atoms with Crippen LogP contribution in [0.2, 0.25) is 0 Å². The van der Waals surface area contributed by atoms with Crippen LogP contribution in [0.25, 0.3) is 0 Å². The van der Waals surface area contributed by atoms with Gasteiger partial charge in [-0.25, -0.2) is 28.8 Å². The highest BCUT2D eigenvalue weighted by atomic mass is 16.6. The maximum absolute atomic E-state index is 12.6. The van der Waals surface area contributed by atoms with E-state index in [1.54, 1.807) is 0 Å². The molecule has 0 bridgehead atoms. The zero-order chi connectivity index (χ0) is 44.4. The summed E-state index contributed by atoms with van der Waals surface area (Å²) >= 11 is 0. The fraction of sp³-hybridized carbons (Fsp3) is 0.636. The molecule has 0 saturated heterocycles. The van der Waals surface area contributed by atoms with E-state index < -0.39 is 36.3 Å². The van der Waals surface area contributed by atoms with Gasteiger partial charge < -0.3 is 49.7 Å². The number of carbonyl (C=O) groups is 6. The van der Waals surface area contributed by atoms with Crippen molar-refractivity contribution in [2.24, 2.45) is 21.7 Å². The number of rotatable bonds is 20. The van der Waals surface area contributed by atoms with Gasteiger partial charge in [0.05, 0.1) is 13.2 Å². The molecule has 1 aromatic rings. The van der Waals surface area contributed by atoms with Gasteiger partial charge in [0.25, 0.3) is 0 Å². The summed E-state index contributed by atoms with van der Waals surface area (Å²) in [7, 11) is 0. The summed E-state index contributed by atoms with van der Waals surface area (Å²) in [5.41, 5.74) is 1.21. The average Bonchev–Trinajstić information content (AvgIpc) is 3.15. The fourth-order valence-corrected chi connectivity index (χ4v) is 8.90. The first-order chi connectivity index (χ1) is 28.2. The van der Waals surface area contributed by atoms with Crippen LogP contribution in [0, 0.1) is 21.7 Å². The van der Waals surface area contributed by atoms with Crippen molar-refractivity contribution in [1.29, 1.82) is 0 Å². The van der Waals surface area contributed by atoms with E-state index in [0.717, 1.165) is 49.0 Å². The molecule has 2 saturated carbocycles. The van der Waals surface area contributed by atoms with E-state index in [4.69, 9.17) is 28.4 Å². The minimum absolute atomic E-state index is 0.0604. The highest BCUT2D eigenvalue weighted by Crippen LogP contribution is 2.47. The van der Waals surface area contributed by atoms with Crippen LogP contribution in [0.3, 0.4) is 0 Å². The van der Waals surface area contributed by atoms with Gasteiger partial charge in [0.15, 0.2) is 0 Å². The quantitative estimate of drug-likeness (QED) is 0.0494. The Morgan fingerprint density at radius 3 is 1.22 bits per heavy atom. The number of benzene rings is 1. The summed E-state index contributed by atoms with van der Waals surface area (Å²) in [6, 6.07) is 7.50. The zero-order valence-corrected chi connectivity index (χ0v) is 36.2. The van der Waals surface area contributed by atoms with Crippen molar-refractivity contribution in [3.63, 3.8) is 0 Å². The zero-order valence-electron chi connectivity index (χ0n) is 36.2. The smallest absolute Gasteiger partial charge is 0.407 e. The van der Waals surface area contributed by atoms with Crippen molar-refractivity contribution in [2.45, 2.75) is 105 Å². The Bertz CT molecular complexity index is 1530. The van der Waals surface area contributed by atoms with E-state index in [9.17, 15) is 28.8 Å². The van der Waals surface area contributed by atoms with Crippen molar-refractivity contribution in [3.8, 4) is 0 Å². The van der Waals surface area contributed by atoms with Crippen LogP contribution in [0.1, 0.15) is 91.2 Å². The second-order valence-corrected chi connectivity index (χ2v) is 18.1. The molecule has 16 heteroatoms. The number of alkyl carbamates (subject to hydrolysis) is 4. The first-order valence-corrected chi connectivity index (χ1v) is 20.6. The standard InChI is InChI=1S/C44H66N4O12/c1-9-35(49)55-19-21-59-39(53)47-33-23-41(3,4)27-43(7,25-33)29-45-37(51)57-17-15-31-11-13-32(14-12-31)16-18-58-38(52)46-30-44(8)26-34(24-42(5,6)28-44)48-40(54)60-22-20-56-36(50)10-2/h9-14,33-34H,1-2,15-30H2,3-8H3,(H,45,51)(H,46,52)(H,47,53)(H,48,54). The summed E-state index contributed by atoms with van der Waals surface area (Å²) < 4.78 is 30.9. The Hall–Kier alpha value is -5.28. The SMILES string of the molecule is C=CC(=O)OCCOC(=O)NC1CC(C)(C)CC(C)(CNC(=O)OCCc2ccc(CCOC(=O)NCC3(C)CC(NC(=O)OCCOC(=O)C=C)CC(C)(C)C3)cc2)C1. The van der Waals surface area contributed by atoms with Crippen LogP contribution >= 0.6 is 0 Å². The van der Waals surface area contributed by atoms with E-state index >= 15 is 0 Å². The first-order valence-electron chi connectivity index (χ1n) is 20.6. The molecule has 0 radical (unpaired) electrons. The molecule has 16 nitrogen and oxygen atoms in total. The fourth-order valence-electron chi connectivity index (χ4n) is 8.90. The van der Waals surface area contributed by atoms with Crippen LogP contribution < -0.4 is 21.3 Å². The Kier molecular flexibility index (Phi) is 18.7. The molecule has 0 aromatic heterocycles. The van der Waals surface area contributed by atoms with Gasteiger partial charge in [-0.1, -0.05) is 79.0 Å². The van der Waals surface area contributed by atoms with E-state index in [2.05, 4.69) is 76.0 Å². The van der Waals surface area contributed by atoms with Crippen LogP contribution in [-0.4, -0.2) is 101 Å². The Morgan fingerprint density at radius 2 is 0.867 bits per heavy atom. The summed E-state index contributed by atoms with van der Waals surface area (Å²) in [5, 5.41) is 11.6. The van der Waals surface area contributed by atoms with Gasteiger partial charge in [0.2, 0.25) is 0 Å². The average molecular weight is 843 g/mol. The van der Waals surface area contributed by atoms with Crippen molar-refractivity contribution in [2.75, 3.05) is 52.7 Å². The minimum Gasteiger partial charge on any atom is -0.459 e. The van der Waals surface area contributed by atoms with Crippen molar-refractivity contribution >= 4 is 36.3 Å². The topological polar surface area (TPSA) is 206 Å². The molecule has 4 unspecified atom stereocenters. The maximum atomic E-state index is 12.6. The van der Waals surface area contributed by atoms with Gasteiger partial charge in [-0.3, -0.25) is 0 Å². The maximum Gasteiger partial charge on any atom is 0.407 e. The molecular formula is C44H66N4O12. The molecule has 60 heavy (non-hydrogen) atoms. The lowest BCUT2D eigenvalue weighted by Crippen LogP contribution is -2.50. The highest BCUT2D eigenvalue weighted by Gasteiger charge is 2.43. The van der Waals surface area contributed by atoms with Gasteiger partial charge in [-0.05, 0) is 71.3 Å². The molecule has 0 spiro atoms. The second-order valence-electron chi connectivity index (χ2n) is 18.1. The number of nitrogens with one attached hydrogen (secondary N) is 4. The lowest BCUT2D eigenvalue weighted by atomic mass is 9.62. The third kappa shape index (κ3) is 18.8. The van der Waals surface area contributed by atoms with Gasteiger partial charge >= 0.3 is 36.3 Å². The van der Waals surface area contributed by atoms with E-state index in [1.807, 2.05) is 24.3 Å². The molecule has 0 heterocycles. The first kappa shape index (κ1) is 49.1. The Balaban J connectivity index is 1.32. The van der Waals surface area contributed by atoms with Gasteiger partial charge in [-0.15, -0.1) is 0 Å². The molecule has 4 N–H and O–H groups in total. The van der Waals surface area contributed by atoms with E-state index in [-0.39, 0.29) is 73.4 Å². The molecule has 1 aromatic carbocycles. The van der Waals surface area contributed by atoms with Gasteiger partial charge in [0, 0.05) is 50.2 Å². The van der Waals surface area contributed by atoms with Crippen LogP contribution in [-0.2, 0) is 50.9 Å². The summed E-state index contributed by atoms with van der Waals surface area (Å²) in [5.74, 6) is -1.17. The third-order valence-electron chi connectivity index (χ3n) is 10.6. The predicted octanol–water partition coefficient (Wildman–Crippen LogP) is 6.30. The predicted molar refractivity (Wildman–Crippen MR) is 223 cm³/mol. The van der Waals surface area contributed by atoms with Crippen LogP contribution in [0.15, 0.2) is 49.6 Å². The van der Waals surface area contributed by atoms with Crippen molar-refractivity contribution in [3.05, 3.63) is 60.7 Å². The lowest BCUT2D eigenvalue weighted by molar-refractivity contribution is -0.139. The number of esters is 2. The molecule has 2 aliphatic rings. The normalized spacial score (nSPS) is 22.7. The summed E-state index contributed by atoms with van der Waals surface area (Å²) in [6.45, 7) is 20.2. The Morgan fingerprint density at radius 1 is 0.533 bits per heavy atom. The Labute approximate surface area is 354 Å². The lowest BCUT2D eigenvalue weighted by Gasteiger charge is -2.46. The van der Waals surface area contributed by atoms with E-state index in [1.165, 1.54) is 0 Å². The molecule has 4 amide bonds. The largest absolute Gasteiger partial charge is 0.459 e. The van der Waals surface area contributed by atoms with Gasteiger partial charge in [0.1, 0.15) is 26.4 Å². The van der Waals surface area contributed by atoms with Gasteiger partial charge in [-0.2, -0.15) is 0 Å². The number of hydrogen-bond acceptors (Lipinski definition) is 12. The molecular weight excluding hydrogens is 776 g/mol.